The van der Waals surface area contributed by atoms with E-state index >= 15 is 0 Å². The summed E-state index contributed by atoms with van der Waals surface area (Å²) in [6, 6.07) is 28.1. The number of hydrazone groups is 1. The number of benzene rings is 3. The summed E-state index contributed by atoms with van der Waals surface area (Å²) in [5.74, 6) is -0.0513. The lowest BCUT2D eigenvalue weighted by Gasteiger charge is -2.10. The number of hydrogen-bond donors (Lipinski definition) is 1. The number of carbonyl (C=O) groups excluding carboxylic acids is 1. The zero-order valence-electron chi connectivity index (χ0n) is 16.0. The highest BCUT2D eigenvalue weighted by Gasteiger charge is 2.25. The molecule has 0 spiro atoms. The van der Waals surface area contributed by atoms with Crippen LogP contribution in [0.4, 0.5) is 5.69 Å². The van der Waals surface area contributed by atoms with Gasteiger partial charge in [-0.1, -0.05) is 60.7 Å². The smallest absolute Gasteiger partial charge is 0.271 e. The molecule has 2 heterocycles. The number of H-pyrrole nitrogens is 1. The molecule has 3 aromatic carbocycles. The van der Waals surface area contributed by atoms with E-state index in [0.717, 1.165) is 33.9 Å². The lowest BCUT2D eigenvalue weighted by Crippen LogP contribution is -2.19. The highest BCUT2D eigenvalue weighted by molar-refractivity contribution is 6.19. The number of aromatic nitrogens is 2. The molecule has 30 heavy (non-hydrogen) atoms. The van der Waals surface area contributed by atoms with Gasteiger partial charge in [0.1, 0.15) is 0 Å². The van der Waals surface area contributed by atoms with E-state index in [9.17, 15) is 9.59 Å². The summed E-state index contributed by atoms with van der Waals surface area (Å²) in [6.45, 7) is 0. The minimum atomic E-state index is -0.121. The van der Waals surface area contributed by atoms with Crippen LogP contribution in [0.25, 0.3) is 16.9 Å². The molecule has 6 nitrogen and oxygen atoms in total. The van der Waals surface area contributed by atoms with E-state index in [-0.39, 0.29) is 17.9 Å². The van der Waals surface area contributed by atoms with Gasteiger partial charge in [0.15, 0.2) is 0 Å². The molecule has 1 aliphatic rings. The van der Waals surface area contributed by atoms with Crippen LogP contribution in [-0.4, -0.2) is 21.4 Å². The van der Waals surface area contributed by atoms with Gasteiger partial charge in [0.05, 0.1) is 29.2 Å². The van der Waals surface area contributed by atoms with Gasteiger partial charge < -0.3 is 0 Å². The van der Waals surface area contributed by atoms with Gasteiger partial charge in [0, 0.05) is 6.07 Å². The van der Waals surface area contributed by atoms with Crippen LogP contribution in [0.3, 0.4) is 0 Å². The Balaban J connectivity index is 1.42. The molecule has 5 rings (SSSR count). The number of anilines is 1. The Kier molecular flexibility index (Phi) is 4.37. The van der Waals surface area contributed by atoms with Crippen LogP contribution >= 0.6 is 0 Å². The van der Waals surface area contributed by atoms with Crippen molar-refractivity contribution in [2.24, 2.45) is 5.10 Å². The fourth-order valence-corrected chi connectivity index (χ4v) is 3.52. The van der Waals surface area contributed by atoms with E-state index in [4.69, 9.17) is 0 Å². The molecule has 0 bridgehead atoms. The quantitative estimate of drug-likeness (QED) is 0.569. The second kappa shape index (κ2) is 7.33. The highest BCUT2D eigenvalue weighted by Crippen LogP contribution is 2.24. The predicted octanol–water partition coefficient (Wildman–Crippen LogP) is 3.97. The minimum absolute atomic E-state index is 0.0513. The minimum Gasteiger partial charge on any atom is -0.290 e. The number of aromatic amines is 1. The Morgan fingerprint density at radius 3 is 2.00 bits per heavy atom. The summed E-state index contributed by atoms with van der Waals surface area (Å²) in [5.41, 5.74) is 4.64. The average molecular weight is 394 g/mol. The number of carbonyl (C=O) groups is 1. The van der Waals surface area contributed by atoms with Gasteiger partial charge in [0.25, 0.3) is 11.5 Å². The molecule has 1 aliphatic heterocycles. The molecular formula is C24H18N4O2. The maximum Gasteiger partial charge on any atom is 0.271 e. The van der Waals surface area contributed by atoms with E-state index < -0.39 is 0 Å². The molecule has 1 aromatic heterocycles. The fraction of sp³-hybridized carbons (Fsp3) is 0.0417. The van der Waals surface area contributed by atoms with Crippen molar-refractivity contribution in [1.29, 1.82) is 0 Å². The molecule has 0 unspecified atom stereocenters. The Hall–Kier alpha value is -4.19. The third-order valence-corrected chi connectivity index (χ3v) is 5.04. The summed E-state index contributed by atoms with van der Waals surface area (Å²) in [6.07, 6.45) is 0.259. The van der Waals surface area contributed by atoms with Crippen molar-refractivity contribution in [2.75, 3.05) is 5.01 Å². The average Bonchev–Trinajstić information content (AvgIpc) is 3.38. The summed E-state index contributed by atoms with van der Waals surface area (Å²) < 4.78 is 1.51. The van der Waals surface area contributed by atoms with Crippen LogP contribution in [0.5, 0.6) is 0 Å². The summed E-state index contributed by atoms with van der Waals surface area (Å²) in [5, 5.41) is 9.10. The number of nitrogens with zero attached hydrogens (tertiary/aromatic N) is 3. The Bertz CT molecular complexity index is 1290. The Labute approximate surface area is 172 Å². The first-order chi connectivity index (χ1) is 14.7. The zero-order valence-corrected chi connectivity index (χ0v) is 16.0. The summed E-state index contributed by atoms with van der Waals surface area (Å²) >= 11 is 0. The molecule has 6 heteroatoms. The predicted molar refractivity (Wildman–Crippen MR) is 117 cm³/mol. The third kappa shape index (κ3) is 3.24. The van der Waals surface area contributed by atoms with Crippen molar-refractivity contribution < 1.29 is 4.79 Å². The van der Waals surface area contributed by atoms with E-state index in [1.165, 1.54) is 9.69 Å². The van der Waals surface area contributed by atoms with Crippen molar-refractivity contribution in [3.05, 3.63) is 107 Å². The molecule has 1 N–H and O–H groups in total. The number of nitrogens with one attached hydrogen (secondary N) is 1. The molecule has 0 saturated carbocycles. The Morgan fingerprint density at radius 2 is 1.33 bits per heavy atom. The molecule has 0 aliphatic carbocycles. The van der Waals surface area contributed by atoms with Gasteiger partial charge in [-0.25, -0.2) is 9.69 Å². The van der Waals surface area contributed by atoms with Crippen LogP contribution in [-0.2, 0) is 4.79 Å². The first-order valence-electron chi connectivity index (χ1n) is 9.63. The highest BCUT2D eigenvalue weighted by atomic mass is 16.2. The molecular weight excluding hydrogens is 376 g/mol. The van der Waals surface area contributed by atoms with Gasteiger partial charge in [-0.15, -0.1) is 0 Å². The molecule has 1 amide bonds. The number of para-hydroxylation sites is 2. The maximum atomic E-state index is 12.4. The molecule has 146 valence electrons. The van der Waals surface area contributed by atoms with E-state index in [1.54, 1.807) is 6.07 Å². The van der Waals surface area contributed by atoms with Gasteiger partial charge in [-0.3, -0.25) is 14.7 Å². The monoisotopic (exact) mass is 394 g/mol. The lowest BCUT2D eigenvalue weighted by molar-refractivity contribution is -0.116. The summed E-state index contributed by atoms with van der Waals surface area (Å²) in [7, 11) is 0. The number of rotatable bonds is 4. The van der Waals surface area contributed by atoms with Gasteiger partial charge in [-0.05, 0) is 35.4 Å². The Morgan fingerprint density at radius 1 is 0.733 bits per heavy atom. The van der Waals surface area contributed by atoms with Gasteiger partial charge in [0.2, 0.25) is 0 Å². The topological polar surface area (TPSA) is 70.5 Å². The molecule has 0 atom stereocenters. The number of hydrogen-bond acceptors (Lipinski definition) is 3. The van der Waals surface area contributed by atoms with Crippen molar-refractivity contribution in [2.45, 2.75) is 6.42 Å². The van der Waals surface area contributed by atoms with Crippen molar-refractivity contribution in [3.63, 3.8) is 0 Å². The summed E-state index contributed by atoms with van der Waals surface area (Å²) in [4.78, 5) is 24.8. The first kappa shape index (κ1) is 17.9. The maximum absolute atomic E-state index is 12.4. The first-order valence-corrected chi connectivity index (χ1v) is 9.63. The van der Waals surface area contributed by atoms with Crippen LogP contribution in [0.1, 0.15) is 12.0 Å². The second-order valence-corrected chi connectivity index (χ2v) is 7.02. The number of amides is 1. The van der Waals surface area contributed by atoms with E-state index in [1.807, 2.05) is 84.9 Å². The van der Waals surface area contributed by atoms with Crippen LogP contribution in [0.15, 0.2) is 101 Å². The lowest BCUT2D eigenvalue weighted by atomic mass is 10.0. The van der Waals surface area contributed by atoms with E-state index in [2.05, 4.69) is 10.2 Å². The molecule has 0 fully saturated rings. The van der Waals surface area contributed by atoms with Crippen molar-refractivity contribution in [3.8, 4) is 16.9 Å². The standard InChI is InChI=1S/C24H18N4O2/c29-23-15-21(25-27(23)19-7-3-1-4-8-19)17-11-13-18(14-12-17)22-16-24(30)28(26-22)20-9-5-2-6-10-20/h1-15,25H,16H2. The van der Waals surface area contributed by atoms with Gasteiger partial charge in [-0.2, -0.15) is 5.10 Å². The molecule has 0 radical (unpaired) electrons. The van der Waals surface area contributed by atoms with Crippen molar-refractivity contribution in [1.82, 2.24) is 9.78 Å². The fourth-order valence-electron chi connectivity index (χ4n) is 3.52. The molecule has 0 saturated heterocycles. The molecule has 4 aromatic rings. The van der Waals surface area contributed by atoms with Gasteiger partial charge >= 0.3 is 0 Å². The van der Waals surface area contributed by atoms with Crippen molar-refractivity contribution >= 4 is 17.3 Å². The largest absolute Gasteiger partial charge is 0.290 e. The van der Waals surface area contributed by atoms with Crippen LogP contribution in [0, 0.1) is 0 Å². The normalized spacial score (nSPS) is 13.5. The zero-order chi connectivity index (χ0) is 20.5. The SMILES string of the molecule is O=C1CC(c2ccc(-c3cc(=O)n(-c4ccccc4)[nH]3)cc2)=NN1c1ccccc1. The second-order valence-electron chi connectivity index (χ2n) is 7.02. The van der Waals surface area contributed by atoms with Crippen LogP contribution < -0.4 is 10.6 Å². The van der Waals surface area contributed by atoms with E-state index in [0.29, 0.717) is 0 Å². The van der Waals surface area contributed by atoms with Crippen LogP contribution in [0.2, 0.25) is 0 Å². The third-order valence-electron chi connectivity index (χ3n) is 5.04.